The van der Waals surface area contributed by atoms with Crippen molar-refractivity contribution in [2.45, 2.75) is 39.0 Å². The minimum atomic E-state index is -0.559. The van der Waals surface area contributed by atoms with E-state index >= 15 is 0 Å². The van der Waals surface area contributed by atoms with Crippen molar-refractivity contribution in [2.24, 2.45) is 0 Å². The summed E-state index contributed by atoms with van der Waals surface area (Å²) in [5, 5.41) is 0. The molecule has 1 nitrogen and oxygen atoms in total. The molecule has 0 unspecified atom stereocenters. The van der Waals surface area contributed by atoms with Crippen LogP contribution in [0.3, 0.4) is 0 Å². The van der Waals surface area contributed by atoms with Gasteiger partial charge in [-0.25, -0.2) is 8.78 Å². The van der Waals surface area contributed by atoms with Gasteiger partial charge in [0.2, 0.25) is 0 Å². The summed E-state index contributed by atoms with van der Waals surface area (Å²) in [7, 11) is 0. The van der Waals surface area contributed by atoms with E-state index in [0.717, 1.165) is 31.7 Å². The first kappa shape index (κ1) is 14.6. The summed E-state index contributed by atoms with van der Waals surface area (Å²) in [6, 6.07) is 3.46. The van der Waals surface area contributed by atoms with Crippen LogP contribution in [0.25, 0.3) is 6.08 Å². The molecule has 0 amide bonds. The molecule has 18 heavy (non-hydrogen) atoms. The number of benzene rings is 1. The molecule has 3 heteroatoms. The topological polar surface area (TPSA) is 17.1 Å². The van der Waals surface area contributed by atoms with Gasteiger partial charge in [0.1, 0.15) is 17.4 Å². The minimum Gasteiger partial charge on any atom is -0.300 e. The minimum absolute atomic E-state index is 0.223. The number of ketones is 1. The molecule has 0 N–H and O–H groups in total. The summed E-state index contributed by atoms with van der Waals surface area (Å²) in [5.41, 5.74) is 0.538. The van der Waals surface area contributed by atoms with Crippen LogP contribution in [-0.2, 0) is 4.79 Å². The van der Waals surface area contributed by atoms with Crippen LogP contribution in [0.5, 0.6) is 0 Å². The first-order valence-electron chi connectivity index (χ1n) is 6.20. The van der Waals surface area contributed by atoms with E-state index in [9.17, 15) is 13.6 Å². The number of unbranched alkanes of at least 4 members (excludes halogenated alkanes) is 3. The van der Waals surface area contributed by atoms with E-state index in [2.05, 4.69) is 0 Å². The molecular formula is C15H18F2O. The van der Waals surface area contributed by atoms with Gasteiger partial charge in [-0.3, -0.25) is 0 Å². The molecule has 98 valence electrons. The Morgan fingerprint density at radius 1 is 1.11 bits per heavy atom. The smallest absolute Gasteiger partial charge is 0.129 e. The van der Waals surface area contributed by atoms with E-state index in [1.54, 1.807) is 13.0 Å². The van der Waals surface area contributed by atoms with E-state index in [1.807, 2.05) is 6.08 Å². The lowest BCUT2D eigenvalue weighted by atomic mass is 10.1. The van der Waals surface area contributed by atoms with Gasteiger partial charge in [0.15, 0.2) is 0 Å². The van der Waals surface area contributed by atoms with Crippen molar-refractivity contribution in [2.75, 3.05) is 0 Å². The highest BCUT2D eigenvalue weighted by Gasteiger charge is 1.97. The Bertz CT molecular complexity index is 404. The SMILES string of the molecule is CC(=O)CCCCCC=Cc1cc(F)cc(F)c1. The van der Waals surface area contributed by atoms with Gasteiger partial charge < -0.3 is 4.79 Å². The molecule has 0 bridgehead atoms. The van der Waals surface area contributed by atoms with Gasteiger partial charge in [0.25, 0.3) is 0 Å². The second kappa shape index (κ2) is 7.75. The predicted molar refractivity (Wildman–Crippen MR) is 69.2 cm³/mol. The lowest BCUT2D eigenvalue weighted by Crippen LogP contribution is -1.88. The molecule has 0 aliphatic carbocycles. The highest BCUT2D eigenvalue weighted by Crippen LogP contribution is 2.11. The Morgan fingerprint density at radius 3 is 2.39 bits per heavy atom. The second-order valence-electron chi connectivity index (χ2n) is 4.41. The van der Waals surface area contributed by atoms with Gasteiger partial charge in [0.05, 0.1) is 0 Å². The molecular weight excluding hydrogens is 234 g/mol. The third-order valence-corrected chi connectivity index (χ3v) is 2.59. The standard InChI is InChI=1S/C15H18F2O/c1-12(18)7-5-3-2-4-6-8-13-9-14(16)11-15(17)10-13/h6,8-11H,2-5,7H2,1H3. The van der Waals surface area contributed by atoms with Crippen molar-refractivity contribution < 1.29 is 13.6 Å². The molecule has 0 heterocycles. The molecule has 0 saturated carbocycles. The fourth-order valence-corrected chi connectivity index (χ4v) is 1.70. The van der Waals surface area contributed by atoms with E-state index < -0.39 is 11.6 Å². The van der Waals surface area contributed by atoms with Gasteiger partial charge in [-0.15, -0.1) is 0 Å². The van der Waals surface area contributed by atoms with Gasteiger partial charge >= 0.3 is 0 Å². The Balaban J connectivity index is 2.26. The monoisotopic (exact) mass is 252 g/mol. The van der Waals surface area contributed by atoms with Crippen molar-refractivity contribution >= 4 is 11.9 Å². The van der Waals surface area contributed by atoms with Crippen LogP contribution in [0, 0.1) is 11.6 Å². The number of allylic oxidation sites excluding steroid dienone is 1. The number of rotatable bonds is 7. The van der Waals surface area contributed by atoms with Crippen molar-refractivity contribution in [3.63, 3.8) is 0 Å². The van der Waals surface area contributed by atoms with Crippen LogP contribution >= 0.6 is 0 Å². The third-order valence-electron chi connectivity index (χ3n) is 2.59. The zero-order chi connectivity index (χ0) is 13.4. The van der Waals surface area contributed by atoms with E-state index in [4.69, 9.17) is 0 Å². The van der Waals surface area contributed by atoms with Crippen LogP contribution in [0.2, 0.25) is 0 Å². The van der Waals surface area contributed by atoms with Crippen LogP contribution in [0.15, 0.2) is 24.3 Å². The molecule has 0 aliphatic heterocycles. The fourth-order valence-electron chi connectivity index (χ4n) is 1.70. The molecule has 0 fully saturated rings. The second-order valence-corrected chi connectivity index (χ2v) is 4.41. The normalized spacial score (nSPS) is 11.1. The highest BCUT2D eigenvalue weighted by molar-refractivity contribution is 5.75. The number of hydrogen-bond acceptors (Lipinski definition) is 1. The summed E-state index contributed by atoms with van der Waals surface area (Å²) >= 11 is 0. The van der Waals surface area contributed by atoms with Crippen molar-refractivity contribution in [1.82, 2.24) is 0 Å². The van der Waals surface area contributed by atoms with Crippen LogP contribution < -0.4 is 0 Å². The maximum atomic E-state index is 12.9. The Morgan fingerprint density at radius 2 is 1.78 bits per heavy atom. The summed E-state index contributed by atoms with van der Waals surface area (Å²) < 4.78 is 25.7. The van der Waals surface area contributed by atoms with E-state index in [-0.39, 0.29) is 5.78 Å². The number of carbonyl (C=O) groups is 1. The molecule has 1 aromatic carbocycles. The van der Waals surface area contributed by atoms with E-state index in [1.165, 1.54) is 12.1 Å². The maximum Gasteiger partial charge on any atom is 0.129 e. The quantitative estimate of drug-likeness (QED) is 0.652. The predicted octanol–water partition coefficient (Wildman–Crippen LogP) is 4.52. The molecule has 1 rings (SSSR count). The molecule has 0 aromatic heterocycles. The highest BCUT2D eigenvalue weighted by atomic mass is 19.1. The van der Waals surface area contributed by atoms with Gasteiger partial charge in [-0.2, -0.15) is 0 Å². The average molecular weight is 252 g/mol. The summed E-state index contributed by atoms with van der Waals surface area (Å²) in [5.74, 6) is -0.895. The Kier molecular flexibility index (Phi) is 6.26. The lowest BCUT2D eigenvalue weighted by molar-refractivity contribution is -0.117. The number of halogens is 2. The van der Waals surface area contributed by atoms with Crippen molar-refractivity contribution in [3.8, 4) is 0 Å². The number of carbonyl (C=O) groups excluding carboxylic acids is 1. The average Bonchev–Trinajstić information content (AvgIpc) is 2.26. The lowest BCUT2D eigenvalue weighted by Gasteiger charge is -1.97. The zero-order valence-electron chi connectivity index (χ0n) is 10.6. The molecule has 0 radical (unpaired) electrons. The Hall–Kier alpha value is -1.51. The molecule has 1 aromatic rings. The van der Waals surface area contributed by atoms with Crippen molar-refractivity contribution in [1.29, 1.82) is 0 Å². The van der Waals surface area contributed by atoms with Gasteiger partial charge in [-0.1, -0.05) is 18.6 Å². The molecule has 0 atom stereocenters. The number of Topliss-reactive ketones (excluding diaryl/α,β-unsaturated/α-hetero) is 1. The van der Waals surface area contributed by atoms with Gasteiger partial charge in [-0.05, 0) is 43.9 Å². The van der Waals surface area contributed by atoms with E-state index in [0.29, 0.717) is 12.0 Å². The fraction of sp³-hybridized carbons (Fsp3) is 0.400. The van der Waals surface area contributed by atoms with Gasteiger partial charge in [0, 0.05) is 12.5 Å². The summed E-state index contributed by atoms with van der Waals surface area (Å²) in [4.78, 5) is 10.7. The van der Waals surface area contributed by atoms with Crippen molar-refractivity contribution in [3.05, 3.63) is 41.5 Å². The molecule has 0 spiro atoms. The first-order chi connectivity index (χ1) is 8.58. The summed E-state index contributed by atoms with van der Waals surface area (Å²) in [6.45, 7) is 1.60. The molecule has 0 saturated heterocycles. The third kappa shape index (κ3) is 6.28. The Labute approximate surface area is 107 Å². The summed E-state index contributed by atoms with van der Waals surface area (Å²) in [6.07, 6.45) is 8.02. The van der Waals surface area contributed by atoms with Crippen LogP contribution in [-0.4, -0.2) is 5.78 Å². The number of hydrogen-bond donors (Lipinski definition) is 0. The first-order valence-corrected chi connectivity index (χ1v) is 6.20. The van der Waals surface area contributed by atoms with Crippen LogP contribution in [0.1, 0.15) is 44.6 Å². The zero-order valence-corrected chi connectivity index (χ0v) is 10.6. The molecule has 0 aliphatic rings. The maximum absolute atomic E-state index is 12.9. The van der Waals surface area contributed by atoms with Crippen LogP contribution in [0.4, 0.5) is 8.78 Å². The largest absolute Gasteiger partial charge is 0.300 e.